The molecule has 0 spiro atoms. The van der Waals surface area contributed by atoms with Gasteiger partial charge in [-0.15, -0.1) is 0 Å². The third-order valence-corrected chi connectivity index (χ3v) is 3.32. The highest BCUT2D eigenvalue weighted by Gasteiger charge is 2.26. The number of ether oxygens (including phenoxy) is 1. The number of halogens is 3. The summed E-state index contributed by atoms with van der Waals surface area (Å²) in [5.41, 5.74) is 0. The molecule has 2 nitrogen and oxygen atoms in total. The van der Waals surface area contributed by atoms with Crippen LogP contribution in [0.2, 0.25) is 0 Å². The number of hydrogen-bond donors (Lipinski definition) is 1. The first-order valence-corrected chi connectivity index (χ1v) is 6.93. The van der Waals surface area contributed by atoms with E-state index < -0.39 is 12.6 Å². The molecule has 108 valence electrons. The van der Waals surface area contributed by atoms with E-state index in [4.69, 9.17) is 4.74 Å². The molecular weight excluding hydrogens is 243 g/mol. The van der Waals surface area contributed by atoms with Crippen LogP contribution < -0.4 is 5.32 Å². The van der Waals surface area contributed by atoms with Crippen molar-refractivity contribution in [3.8, 4) is 0 Å². The van der Waals surface area contributed by atoms with E-state index in [2.05, 4.69) is 12.2 Å². The second-order valence-corrected chi connectivity index (χ2v) is 5.02. The van der Waals surface area contributed by atoms with Crippen LogP contribution in [-0.4, -0.2) is 31.5 Å². The maximum atomic E-state index is 11.9. The van der Waals surface area contributed by atoms with E-state index in [1.165, 1.54) is 0 Å². The van der Waals surface area contributed by atoms with Crippen LogP contribution in [-0.2, 0) is 4.74 Å². The van der Waals surface area contributed by atoms with Crippen LogP contribution in [0.1, 0.15) is 51.9 Å². The van der Waals surface area contributed by atoms with E-state index in [0.717, 1.165) is 38.6 Å². The maximum Gasteiger partial charge on any atom is 0.389 e. The lowest BCUT2D eigenvalue weighted by Gasteiger charge is -2.29. The van der Waals surface area contributed by atoms with Gasteiger partial charge in [-0.1, -0.05) is 6.92 Å². The molecule has 1 saturated carbocycles. The first kappa shape index (κ1) is 15.8. The Morgan fingerprint density at radius 3 is 2.39 bits per heavy atom. The van der Waals surface area contributed by atoms with E-state index in [0.29, 0.717) is 6.04 Å². The molecule has 1 fully saturated rings. The smallest absolute Gasteiger partial charge is 0.378 e. The Morgan fingerprint density at radius 1 is 1.17 bits per heavy atom. The fraction of sp³-hybridized carbons (Fsp3) is 1.00. The lowest BCUT2D eigenvalue weighted by molar-refractivity contribution is -0.139. The SMILES string of the molecule is CCCNC1CCC(OCCCC(F)(F)F)CC1. The van der Waals surface area contributed by atoms with E-state index >= 15 is 0 Å². The quantitative estimate of drug-likeness (QED) is 0.711. The summed E-state index contributed by atoms with van der Waals surface area (Å²) in [6.45, 7) is 3.42. The molecule has 1 N–H and O–H groups in total. The summed E-state index contributed by atoms with van der Waals surface area (Å²) < 4.78 is 41.3. The highest BCUT2D eigenvalue weighted by atomic mass is 19.4. The molecule has 1 aliphatic carbocycles. The van der Waals surface area contributed by atoms with Crippen molar-refractivity contribution >= 4 is 0 Å². The zero-order valence-electron chi connectivity index (χ0n) is 11.1. The van der Waals surface area contributed by atoms with Gasteiger partial charge in [0.25, 0.3) is 0 Å². The van der Waals surface area contributed by atoms with E-state index in [-0.39, 0.29) is 19.1 Å². The van der Waals surface area contributed by atoms with Crippen molar-refractivity contribution in [3.63, 3.8) is 0 Å². The molecular formula is C13H24F3NO. The monoisotopic (exact) mass is 267 g/mol. The third-order valence-electron chi connectivity index (χ3n) is 3.32. The molecule has 0 aromatic carbocycles. The van der Waals surface area contributed by atoms with Crippen molar-refractivity contribution in [1.82, 2.24) is 5.32 Å². The predicted octanol–water partition coefficient (Wildman–Crippen LogP) is 3.66. The molecule has 0 atom stereocenters. The lowest BCUT2D eigenvalue weighted by atomic mass is 9.93. The minimum atomic E-state index is -4.05. The number of nitrogens with one attached hydrogen (secondary N) is 1. The molecule has 0 aliphatic heterocycles. The highest BCUT2D eigenvalue weighted by Crippen LogP contribution is 2.24. The van der Waals surface area contributed by atoms with Gasteiger partial charge in [0.2, 0.25) is 0 Å². The predicted molar refractivity (Wildman–Crippen MR) is 65.6 cm³/mol. The van der Waals surface area contributed by atoms with Gasteiger partial charge < -0.3 is 10.1 Å². The lowest BCUT2D eigenvalue weighted by Crippen LogP contribution is -2.35. The summed E-state index contributed by atoms with van der Waals surface area (Å²) in [5, 5.41) is 3.47. The molecule has 0 aromatic heterocycles. The van der Waals surface area contributed by atoms with E-state index in [1.807, 2.05) is 0 Å². The van der Waals surface area contributed by atoms with Crippen molar-refractivity contribution in [2.45, 2.75) is 70.2 Å². The fourth-order valence-electron chi connectivity index (χ4n) is 2.30. The van der Waals surface area contributed by atoms with Gasteiger partial charge in [-0.25, -0.2) is 0 Å². The van der Waals surface area contributed by atoms with Gasteiger partial charge in [0, 0.05) is 19.1 Å². The van der Waals surface area contributed by atoms with Crippen molar-refractivity contribution in [3.05, 3.63) is 0 Å². The Labute approximate surface area is 107 Å². The first-order chi connectivity index (χ1) is 8.51. The van der Waals surface area contributed by atoms with Crippen LogP contribution in [0.15, 0.2) is 0 Å². The summed E-state index contributed by atoms with van der Waals surface area (Å²) in [7, 11) is 0. The van der Waals surface area contributed by atoms with Gasteiger partial charge in [-0.3, -0.25) is 0 Å². The van der Waals surface area contributed by atoms with E-state index in [1.54, 1.807) is 0 Å². The molecule has 0 heterocycles. The number of rotatable bonds is 7. The van der Waals surface area contributed by atoms with Crippen molar-refractivity contribution in [2.24, 2.45) is 0 Å². The topological polar surface area (TPSA) is 21.3 Å². The Kier molecular flexibility index (Phi) is 7.00. The second-order valence-electron chi connectivity index (χ2n) is 5.02. The summed E-state index contributed by atoms with van der Waals surface area (Å²) in [4.78, 5) is 0. The van der Waals surface area contributed by atoms with Crippen molar-refractivity contribution in [1.29, 1.82) is 0 Å². The standard InChI is InChI=1S/C13H24F3NO/c1-2-9-17-11-4-6-12(7-5-11)18-10-3-8-13(14,15)16/h11-12,17H,2-10H2,1H3. The summed E-state index contributed by atoms with van der Waals surface area (Å²) in [6.07, 6.45) is 0.670. The highest BCUT2D eigenvalue weighted by molar-refractivity contribution is 4.77. The zero-order chi connectivity index (χ0) is 13.4. The normalized spacial score (nSPS) is 25.3. The van der Waals surface area contributed by atoms with Gasteiger partial charge in [0.05, 0.1) is 6.10 Å². The summed E-state index contributed by atoms with van der Waals surface area (Å²) >= 11 is 0. The average Bonchev–Trinajstić information content (AvgIpc) is 2.32. The molecule has 0 unspecified atom stereocenters. The Balaban J connectivity index is 2.02. The zero-order valence-corrected chi connectivity index (χ0v) is 11.1. The van der Waals surface area contributed by atoms with Crippen LogP contribution in [0.4, 0.5) is 13.2 Å². The van der Waals surface area contributed by atoms with Gasteiger partial charge in [0.15, 0.2) is 0 Å². The molecule has 18 heavy (non-hydrogen) atoms. The second kappa shape index (κ2) is 8.00. The third kappa shape index (κ3) is 7.21. The Bertz CT molecular complexity index is 213. The summed E-state index contributed by atoms with van der Waals surface area (Å²) in [6, 6.07) is 0.569. The van der Waals surface area contributed by atoms with Crippen molar-refractivity contribution < 1.29 is 17.9 Å². The van der Waals surface area contributed by atoms with Gasteiger partial charge in [-0.2, -0.15) is 13.2 Å². The minimum absolute atomic E-state index is 0.0809. The molecule has 0 radical (unpaired) electrons. The van der Waals surface area contributed by atoms with Crippen LogP contribution in [0.5, 0.6) is 0 Å². The van der Waals surface area contributed by atoms with Crippen molar-refractivity contribution in [2.75, 3.05) is 13.2 Å². The largest absolute Gasteiger partial charge is 0.389 e. The van der Waals surface area contributed by atoms with Gasteiger partial charge in [0.1, 0.15) is 0 Å². The number of alkyl halides is 3. The van der Waals surface area contributed by atoms with Crippen LogP contribution in [0, 0.1) is 0 Å². The molecule has 1 aliphatic rings. The summed E-state index contributed by atoms with van der Waals surface area (Å²) in [5.74, 6) is 0. The molecule has 0 bridgehead atoms. The molecule has 1 rings (SSSR count). The molecule has 0 aromatic rings. The fourth-order valence-corrected chi connectivity index (χ4v) is 2.30. The van der Waals surface area contributed by atoms with Gasteiger partial charge >= 0.3 is 6.18 Å². The first-order valence-electron chi connectivity index (χ1n) is 6.93. The maximum absolute atomic E-state index is 11.9. The molecule has 0 saturated heterocycles. The Morgan fingerprint density at radius 2 is 1.83 bits per heavy atom. The molecule has 0 amide bonds. The van der Waals surface area contributed by atoms with Crippen LogP contribution in [0.3, 0.4) is 0 Å². The van der Waals surface area contributed by atoms with Gasteiger partial charge in [-0.05, 0) is 45.1 Å². The Hall–Kier alpha value is -0.290. The van der Waals surface area contributed by atoms with Crippen LogP contribution in [0.25, 0.3) is 0 Å². The average molecular weight is 267 g/mol. The molecule has 5 heteroatoms. The van der Waals surface area contributed by atoms with Crippen LogP contribution >= 0.6 is 0 Å². The minimum Gasteiger partial charge on any atom is -0.378 e. The number of hydrogen-bond acceptors (Lipinski definition) is 2. The van der Waals surface area contributed by atoms with E-state index in [9.17, 15) is 13.2 Å².